The monoisotopic (exact) mass is 210 g/mol. The summed E-state index contributed by atoms with van der Waals surface area (Å²) in [6, 6.07) is 0. The molecule has 0 spiro atoms. The maximum atomic E-state index is 8.73. The van der Waals surface area contributed by atoms with E-state index in [0.717, 1.165) is 0 Å². The predicted octanol–water partition coefficient (Wildman–Crippen LogP) is 0.394. The molecule has 5 heteroatoms. The minimum absolute atomic E-state index is 0.0483. The maximum Gasteiger partial charge on any atom is 0.536 e. The van der Waals surface area contributed by atoms with E-state index in [1.54, 1.807) is 0 Å². The van der Waals surface area contributed by atoms with E-state index in [4.69, 9.17) is 14.8 Å². The summed E-state index contributed by atoms with van der Waals surface area (Å²) in [6.45, 7) is 4.08. The molecule has 0 atom stereocenters. The molecule has 0 aromatic rings. The number of rotatable bonds is 4. The van der Waals surface area contributed by atoms with Gasteiger partial charge in [0.2, 0.25) is 0 Å². The summed E-state index contributed by atoms with van der Waals surface area (Å²) in [6.07, 6.45) is 0. The quantitative estimate of drug-likeness (QED) is 0.661. The van der Waals surface area contributed by atoms with Gasteiger partial charge in [0.05, 0.1) is 6.61 Å². The second-order valence-electron chi connectivity index (χ2n) is 2.93. The Kier molecular flexibility index (Phi) is 4.52. The number of aliphatic hydroxyl groups is 1. The largest absolute Gasteiger partial charge is 0.536 e. The normalized spacial score (nSPS) is 11.7. The third-order valence-corrected chi connectivity index (χ3v) is 1.30. The average molecular weight is 211 g/mol. The standard InChI is InChI=1S/C5H12BBrO3/c1-5(2,3-8)4-10-6(7)9/h8-9H,3-4H2,1-2H3. The van der Waals surface area contributed by atoms with Gasteiger partial charge in [0.15, 0.2) is 0 Å². The van der Waals surface area contributed by atoms with Crippen LogP contribution in [-0.2, 0) is 4.65 Å². The summed E-state index contributed by atoms with van der Waals surface area (Å²) in [5.74, 6) is -0.932. The summed E-state index contributed by atoms with van der Waals surface area (Å²) in [7, 11) is 0. The Hall–Kier alpha value is 0.425. The summed E-state index contributed by atoms with van der Waals surface area (Å²) in [5, 5.41) is 17.4. The zero-order valence-electron chi connectivity index (χ0n) is 6.17. The highest BCUT2D eigenvalue weighted by atomic mass is 79.9. The van der Waals surface area contributed by atoms with Crippen LogP contribution in [0.3, 0.4) is 0 Å². The lowest BCUT2D eigenvalue weighted by Crippen LogP contribution is -2.26. The van der Waals surface area contributed by atoms with Gasteiger partial charge < -0.3 is 14.8 Å². The Labute approximate surface area is 69.5 Å². The van der Waals surface area contributed by atoms with Crippen LogP contribution in [0, 0.1) is 5.41 Å². The van der Waals surface area contributed by atoms with Crippen LogP contribution in [0.15, 0.2) is 0 Å². The van der Waals surface area contributed by atoms with Gasteiger partial charge in [-0.2, -0.15) is 0 Å². The Morgan fingerprint density at radius 3 is 2.40 bits per heavy atom. The highest BCUT2D eigenvalue weighted by Gasteiger charge is 2.19. The Balaban J connectivity index is 3.46. The van der Waals surface area contributed by atoms with Crippen LogP contribution in [0.4, 0.5) is 0 Å². The molecule has 0 aliphatic rings. The minimum atomic E-state index is -0.932. The van der Waals surface area contributed by atoms with Crippen molar-refractivity contribution in [2.45, 2.75) is 13.8 Å². The molecule has 0 saturated heterocycles. The highest BCUT2D eigenvalue weighted by molar-refractivity contribution is 9.24. The van der Waals surface area contributed by atoms with Crippen molar-refractivity contribution in [3.05, 3.63) is 0 Å². The topological polar surface area (TPSA) is 49.7 Å². The van der Waals surface area contributed by atoms with Crippen LogP contribution in [0.25, 0.3) is 0 Å². The molecule has 60 valence electrons. The van der Waals surface area contributed by atoms with Crippen molar-refractivity contribution in [2.24, 2.45) is 5.41 Å². The molecule has 0 bridgehead atoms. The molecule has 0 aliphatic heterocycles. The average Bonchev–Trinajstić information content (AvgIpc) is 1.85. The molecule has 0 aromatic carbocycles. The van der Waals surface area contributed by atoms with Gasteiger partial charge in [-0.1, -0.05) is 29.6 Å². The van der Waals surface area contributed by atoms with Crippen LogP contribution in [0.1, 0.15) is 13.8 Å². The van der Waals surface area contributed by atoms with Gasteiger partial charge >= 0.3 is 5.94 Å². The summed E-state index contributed by atoms with van der Waals surface area (Å²) < 4.78 is 4.81. The molecule has 0 rings (SSSR count). The first-order valence-electron chi connectivity index (χ1n) is 3.02. The molecule has 0 heterocycles. The molecule has 0 amide bonds. The van der Waals surface area contributed by atoms with Crippen LogP contribution in [-0.4, -0.2) is 29.3 Å². The molecule has 0 aromatic heterocycles. The summed E-state index contributed by atoms with van der Waals surface area (Å²) >= 11 is 2.81. The smallest absolute Gasteiger partial charge is 0.417 e. The molecule has 0 radical (unpaired) electrons. The zero-order valence-corrected chi connectivity index (χ0v) is 7.76. The van der Waals surface area contributed by atoms with Crippen LogP contribution < -0.4 is 0 Å². The van der Waals surface area contributed by atoms with Crippen LogP contribution in [0.5, 0.6) is 0 Å². The van der Waals surface area contributed by atoms with E-state index in [0.29, 0.717) is 6.61 Å². The third-order valence-electron chi connectivity index (χ3n) is 1.04. The first-order valence-corrected chi connectivity index (χ1v) is 3.94. The van der Waals surface area contributed by atoms with Gasteiger partial charge in [-0.05, 0) is 0 Å². The van der Waals surface area contributed by atoms with Crippen molar-refractivity contribution in [3.8, 4) is 0 Å². The fourth-order valence-electron chi connectivity index (χ4n) is 0.340. The molecular weight excluding hydrogens is 199 g/mol. The Morgan fingerprint density at radius 2 is 2.10 bits per heavy atom. The van der Waals surface area contributed by atoms with Gasteiger partial charge in [0.25, 0.3) is 0 Å². The van der Waals surface area contributed by atoms with E-state index >= 15 is 0 Å². The lowest BCUT2D eigenvalue weighted by atomic mass is 9.96. The van der Waals surface area contributed by atoms with Crippen molar-refractivity contribution in [3.63, 3.8) is 0 Å². The van der Waals surface area contributed by atoms with E-state index in [1.807, 2.05) is 13.8 Å². The molecule has 0 saturated carbocycles. The van der Waals surface area contributed by atoms with E-state index in [-0.39, 0.29) is 12.0 Å². The van der Waals surface area contributed by atoms with Crippen molar-refractivity contribution < 1.29 is 14.8 Å². The number of halogens is 1. The fraction of sp³-hybridized carbons (Fsp3) is 1.00. The summed E-state index contributed by atoms with van der Waals surface area (Å²) in [4.78, 5) is 0. The molecular formula is C5H12BBrO3. The van der Waals surface area contributed by atoms with Gasteiger partial charge in [-0.15, -0.1) is 0 Å². The molecule has 3 nitrogen and oxygen atoms in total. The molecule has 0 fully saturated rings. The Bertz CT molecular complexity index is 96.9. The second-order valence-corrected chi connectivity index (χ2v) is 3.71. The van der Waals surface area contributed by atoms with E-state index < -0.39 is 5.94 Å². The van der Waals surface area contributed by atoms with Crippen molar-refractivity contribution in [2.75, 3.05) is 13.2 Å². The number of hydrogen-bond acceptors (Lipinski definition) is 3. The van der Waals surface area contributed by atoms with Gasteiger partial charge in [0.1, 0.15) is 0 Å². The fourth-order valence-corrected chi connectivity index (χ4v) is 0.472. The lowest BCUT2D eigenvalue weighted by molar-refractivity contribution is 0.0907. The van der Waals surface area contributed by atoms with Gasteiger partial charge in [-0.25, -0.2) is 0 Å². The van der Waals surface area contributed by atoms with Crippen molar-refractivity contribution >= 4 is 21.7 Å². The first kappa shape index (κ1) is 10.4. The number of aliphatic hydroxyl groups excluding tert-OH is 1. The molecule has 10 heavy (non-hydrogen) atoms. The Morgan fingerprint density at radius 1 is 1.60 bits per heavy atom. The molecule has 0 unspecified atom stereocenters. The van der Waals surface area contributed by atoms with E-state index in [1.165, 1.54) is 0 Å². The summed E-state index contributed by atoms with van der Waals surface area (Å²) in [5.41, 5.74) is -0.283. The minimum Gasteiger partial charge on any atom is -0.417 e. The SMILES string of the molecule is CC(C)(CO)COB(O)Br. The maximum absolute atomic E-state index is 8.73. The second kappa shape index (κ2) is 4.33. The lowest BCUT2D eigenvalue weighted by Gasteiger charge is -2.21. The van der Waals surface area contributed by atoms with E-state index in [9.17, 15) is 0 Å². The highest BCUT2D eigenvalue weighted by Crippen LogP contribution is 2.14. The zero-order chi connectivity index (χ0) is 8.20. The van der Waals surface area contributed by atoms with Crippen molar-refractivity contribution in [1.82, 2.24) is 0 Å². The van der Waals surface area contributed by atoms with Crippen molar-refractivity contribution in [1.29, 1.82) is 0 Å². The predicted molar refractivity (Wildman–Crippen MR) is 43.7 cm³/mol. The first-order chi connectivity index (χ1) is 4.48. The third kappa shape index (κ3) is 5.23. The number of hydrogen-bond donors (Lipinski definition) is 2. The van der Waals surface area contributed by atoms with Crippen LogP contribution >= 0.6 is 15.8 Å². The van der Waals surface area contributed by atoms with Gasteiger partial charge in [-0.3, -0.25) is 0 Å². The van der Waals surface area contributed by atoms with E-state index in [2.05, 4.69) is 15.8 Å². The van der Waals surface area contributed by atoms with Crippen LogP contribution in [0.2, 0.25) is 0 Å². The molecule has 0 aliphatic carbocycles. The molecule has 2 N–H and O–H groups in total. The van der Waals surface area contributed by atoms with Gasteiger partial charge in [0, 0.05) is 12.0 Å².